The number of carboxylic acid groups (broad SMARTS) is 1. The first-order chi connectivity index (χ1) is 7.29. The van der Waals surface area contributed by atoms with E-state index in [1.807, 2.05) is 0 Å². The number of carbonyl (C=O) groups is 2. The summed E-state index contributed by atoms with van der Waals surface area (Å²) < 4.78 is 36.3. The number of ether oxygens (including phenoxy) is 1. The van der Waals surface area contributed by atoms with E-state index in [0.717, 1.165) is 19.4 Å². The first-order valence-corrected chi connectivity index (χ1v) is 4.40. The Morgan fingerprint density at radius 2 is 1.94 bits per heavy atom. The van der Waals surface area contributed by atoms with Crippen LogP contribution < -0.4 is 5.32 Å². The van der Waals surface area contributed by atoms with Crippen LogP contribution in [-0.2, 0) is 14.3 Å². The molecule has 1 rings (SSSR count). The number of nitrogens with one attached hydrogen (secondary N) is 1. The maximum Gasteiger partial charge on any atom is 0.490 e. The van der Waals surface area contributed by atoms with Crippen molar-refractivity contribution in [1.82, 2.24) is 5.32 Å². The quantitative estimate of drug-likeness (QED) is 0.657. The fourth-order valence-corrected chi connectivity index (χ4v) is 1.03. The summed E-state index contributed by atoms with van der Waals surface area (Å²) in [5.41, 5.74) is 0. The fourth-order valence-electron chi connectivity index (χ4n) is 1.03. The van der Waals surface area contributed by atoms with Gasteiger partial charge in [0.25, 0.3) is 0 Å². The minimum Gasteiger partial charge on any atom is -0.475 e. The summed E-state index contributed by atoms with van der Waals surface area (Å²) >= 11 is 0. The predicted octanol–water partition coefficient (Wildman–Crippen LogP) is 0.545. The molecule has 16 heavy (non-hydrogen) atoms. The molecule has 1 aliphatic rings. The number of methoxy groups -OCH3 is 1. The predicted molar refractivity (Wildman–Crippen MR) is 46.7 cm³/mol. The van der Waals surface area contributed by atoms with Crippen molar-refractivity contribution in [1.29, 1.82) is 0 Å². The molecule has 1 saturated heterocycles. The average molecular weight is 243 g/mol. The minimum atomic E-state index is -5.08. The molecule has 0 radical (unpaired) electrons. The van der Waals surface area contributed by atoms with Crippen LogP contribution in [0.25, 0.3) is 0 Å². The van der Waals surface area contributed by atoms with E-state index in [4.69, 9.17) is 9.90 Å². The van der Waals surface area contributed by atoms with Crippen molar-refractivity contribution in [2.75, 3.05) is 13.7 Å². The summed E-state index contributed by atoms with van der Waals surface area (Å²) in [6.07, 6.45) is -3.08. The zero-order valence-corrected chi connectivity index (χ0v) is 8.50. The standard InChI is InChI=1S/C6H11NO2.C2HF3O2/c1-9-6(8)5-3-2-4-7-5;3-2(4,5)1(6)7/h5,7H,2-4H2,1H3;(H,6,7)/t5-;/m0./s1. The fraction of sp³-hybridized carbons (Fsp3) is 0.750. The number of aliphatic carboxylic acids is 1. The number of carboxylic acids is 1. The van der Waals surface area contributed by atoms with Crippen molar-refractivity contribution < 1.29 is 32.6 Å². The molecule has 0 aliphatic carbocycles. The molecule has 2 N–H and O–H groups in total. The van der Waals surface area contributed by atoms with Crippen molar-refractivity contribution in [3.8, 4) is 0 Å². The topological polar surface area (TPSA) is 75.6 Å². The highest BCUT2D eigenvalue weighted by Crippen LogP contribution is 2.13. The summed E-state index contributed by atoms with van der Waals surface area (Å²) in [6, 6.07) is -0.0324. The van der Waals surface area contributed by atoms with E-state index < -0.39 is 12.1 Å². The molecule has 0 aromatic carbocycles. The van der Waals surface area contributed by atoms with Crippen molar-refractivity contribution in [3.63, 3.8) is 0 Å². The number of hydrogen-bond donors (Lipinski definition) is 2. The summed E-state index contributed by atoms with van der Waals surface area (Å²) in [4.78, 5) is 19.6. The van der Waals surface area contributed by atoms with Crippen LogP contribution >= 0.6 is 0 Å². The third-order valence-electron chi connectivity index (χ3n) is 1.79. The van der Waals surface area contributed by atoms with Gasteiger partial charge in [0.1, 0.15) is 6.04 Å². The lowest BCUT2D eigenvalue weighted by Gasteiger charge is -2.04. The summed E-state index contributed by atoms with van der Waals surface area (Å²) in [5, 5.41) is 10.2. The van der Waals surface area contributed by atoms with Crippen LogP contribution in [0.15, 0.2) is 0 Å². The Morgan fingerprint density at radius 3 is 2.19 bits per heavy atom. The van der Waals surface area contributed by atoms with Crippen molar-refractivity contribution >= 4 is 11.9 Å². The third-order valence-corrected chi connectivity index (χ3v) is 1.79. The van der Waals surface area contributed by atoms with E-state index in [-0.39, 0.29) is 12.0 Å². The molecule has 1 heterocycles. The number of esters is 1. The van der Waals surface area contributed by atoms with Gasteiger partial charge in [-0.3, -0.25) is 4.79 Å². The van der Waals surface area contributed by atoms with Crippen LogP contribution in [0.3, 0.4) is 0 Å². The maximum absolute atomic E-state index is 10.7. The molecule has 0 aromatic heterocycles. The zero-order valence-electron chi connectivity index (χ0n) is 8.50. The molecule has 0 saturated carbocycles. The van der Waals surface area contributed by atoms with Crippen LogP contribution in [-0.4, -0.2) is 42.9 Å². The Labute approximate surface area is 89.6 Å². The monoisotopic (exact) mass is 243 g/mol. The number of carbonyl (C=O) groups excluding carboxylic acids is 1. The Balaban J connectivity index is 0.000000293. The molecule has 8 heteroatoms. The van der Waals surface area contributed by atoms with Gasteiger partial charge in [-0.1, -0.05) is 0 Å². The molecule has 0 bridgehead atoms. The zero-order chi connectivity index (χ0) is 12.8. The molecule has 1 atom stereocenters. The van der Waals surface area contributed by atoms with Crippen molar-refractivity contribution in [2.24, 2.45) is 0 Å². The van der Waals surface area contributed by atoms with E-state index in [9.17, 15) is 18.0 Å². The minimum absolute atomic E-state index is 0.0324. The summed E-state index contributed by atoms with van der Waals surface area (Å²) in [5.74, 6) is -2.89. The number of alkyl halides is 3. The normalized spacial score (nSPS) is 19.6. The van der Waals surface area contributed by atoms with Gasteiger partial charge in [-0.15, -0.1) is 0 Å². The lowest BCUT2D eigenvalue weighted by atomic mass is 10.2. The highest BCUT2D eigenvalue weighted by molar-refractivity contribution is 5.75. The second-order valence-corrected chi connectivity index (χ2v) is 2.98. The number of halogens is 3. The van der Waals surface area contributed by atoms with Gasteiger partial charge in [0.15, 0.2) is 0 Å². The van der Waals surface area contributed by atoms with E-state index in [1.54, 1.807) is 0 Å². The van der Waals surface area contributed by atoms with Crippen LogP contribution in [0, 0.1) is 0 Å². The van der Waals surface area contributed by atoms with Crippen molar-refractivity contribution in [2.45, 2.75) is 25.1 Å². The van der Waals surface area contributed by atoms with Gasteiger partial charge in [0, 0.05) is 0 Å². The lowest BCUT2D eigenvalue weighted by Crippen LogP contribution is -2.31. The first kappa shape index (κ1) is 14.7. The smallest absolute Gasteiger partial charge is 0.475 e. The molecule has 0 amide bonds. The van der Waals surface area contributed by atoms with E-state index in [2.05, 4.69) is 10.1 Å². The molecule has 94 valence electrons. The Kier molecular flexibility index (Phi) is 5.79. The van der Waals surface area contributed by atoms with Gasteiger partial charge < -0.3 is 15.2 Å². The Bertz CT molecular complexity index is 248. The summed E-state index contributed by atoms with van der Waals surface area (Å²) in [7, 11) is 1.42. The summed E-state index contributed by atoms with van der Waals surface area (Å²) in [6.45, 7) is 0.944. The molecule has 0 unspecified atom stereocenters. The van der Waals surface area contributed by atoms with Gasteiger partial charge in [0.05, 0.1) is 7.11 Å². The van der Waals surface area contributed by atoms with Crippen LogP contribution in [0.2, 0.25) is 0 Å². The van der Waals surface area contributed by atoms with E-state index >= 15 is 0 Å². The average Bonchev–Trinajstić information content (AvgIpc) is 2.69. The van der Waals surface area contributed by atoms with Gasteiger partial charge in [-0.05, 0) is 19.4 Å². The van der Waals surface area contributed by atoms with Crippen molar-refractivity contribution in [3.05, 3.63) is 0 Å². The SMILES string of the molecule is COC(=O)[C@@H]1CCCN1.O=C(O)C(F)(F)F. The van der Waals surface area contributed by atoms with Gasteiger partial charge in [-0.25, -0.2) is 4.79 Å². The first-order valence-electron chi connectivity index (χ1n) is 4.40. The highest BCUT2D eigenvalue weighted by Gasteiger charge is 2.38. The van der Waals surface area contributed by atoms with E-state index in [0.29, 0.717) is 0 Å². The van der Waals surface area contributed by atoms with E-state index in [1.165, 1.54) is 7.11 Å². The molecular formula is C8H12F3NO4. The van der Waals surface area contributed by atoms with Gasteiger partial charge in [0.2, 0.25) is 0 Å². The maximum atomic E-state index is 10.7. The number of hydrogen-bond acceptors (Lipinski definition) is 4. The molecule has 0 aromatic rings. The van der Waals surface area contributed by atoms with Crippen LogP contribution in [0.5, 0.6) is 0 Å². The molecule has 1 fully saturated rings. The second-order valence-electron chi connectivity index (χ2n) is 2.98. The lowest BCUT2D eigenvalue weighted by molar-refractivity contribution is -0.192. The Hall–Kier alpha value is -1.31. The van der Waals surface area contributed by atoms with Gasteiger partial charge >= 0.3 is 18.1 Å². The Morgan fingerprint density at radius 1 is 1.44 bits per heavy atom. The highest BCUT2D eigenvalue weighted by atomic mass is 19.4. The molecule has 5 nitrogen and oxygen atoms in total. The molecule has 0 spiro atoms. The molecular weight excluding hydrogens is 231 g/mol. The number of rotatable bonds is 1. The van der Waals surface area contributed by atoms with Crippen LogP contribution in [0.4, 0.5) is 13.2 Å². The van der Waals surface area contributed by atoms with Gasteiger partial charge in [-0.2, -0.15) is 13.2 Å². The third kappa shape index (κ3) is 5.54. The molecule has 1 aliphatic heterocycles. The van der Waals surface area contributed by atoms with Crippen LogP contribution in [0.1, 0.15) is 12.8 Å². The second kappa shape index (κ2) is 6.31. The largest absolute Gasteiger partial charge is 0.490 e.